The van der Waals surface area contributed by atoms with Crippen molar-refractivity contribution < 1.29 is 9.53 Å². The summed E-state index contributed by atoms with van der Waals surface area (Å²) in [5.41, 5.74) is 0.947. The molecule has 0 aromatic heterocycles. The van der Waals surface area contributed by atoms with Crippen LogP contribution < -0.4 is 10.1 Å². The van der Waals surface area contributed by atoms with Crippen LogP contribution in [0.5, 0.6) is 5.75 Å². The van der Waals surface area contributed by atoms with Gasteiger partial charge in [0, 0.05) is 10.9 Å². The van der Waals surface area contributed by atoms with E-state index in [0.717, 1.165) is 29.5 Å². The van der Waals surface area contributed by atoms with Crippen molar-refractivity contribution in [3.8, 4) is 5.75 Å². The number of benzene rings is 1. The maximum absolute atomic E-state index is 12.3. The third kappa shape index (κ3) is 4.47. The first kappa shape index (κ1) is 16.3. The van der Waals surface area contributed by atoms with E-state index in [1.807, 2.05) is 24.3 Å². The van der Waals surface area contributed by atoms with E-state index >= 15 is 0 Å². The molecule has 1 aromatic rings. The number of rotatable bonds is 5. The van der Waals surface area contributed by atoms with E-state index in [2.05, 4.69) is 28.2 Å². The van der Waals surface area contributed by atoms with Gasteiger partial charge < -0.3 is 10.1 Å². The Labute approximate surface area is 135 Å². The van der Waals surface area contributed by atoms with Gasteiger partial charge in [0.1, 0.15) is 5.75 Å². The minimum Gasteiger partial charge on any atom is -0.497 e. The minimum absolute atomic E-state index is 0.0682. The number of carbonyl (C=O) groups is 1. The Morgan fingerprint density at radius 2 is 2.14 bits per heavy atom. The van der Waals surface area contributed by atoms with E-state index in [1.54, 1.807) is 7.11 Å². The quantitative estimate of drug-likeness (QED) is 0.819. The molecule has 2 atom stereocenters. The lowest BCUT2D eigenvalue weighted by molar-refractivity contribution is -0.122. The highest BCUT2D eigenvalue weighted by molar-refractivity contribution is 9.09. The van der Waals surface area contributed by atoms with Crippen molar-refractivity contribution in [3.63, 3.8) is 0 Å². The van der Waals surface area contributed by atoms with E-state index in [9.17, 15) is 4.79 Å². The van der Waals surface area contributed by atoms with Gasteiger partial charge in [-0.1, -0.05) is 47.8 Å². The molecule has 0 radical (unpaired) electrons. The highest BCUT2D eigenvalue weighted by Crippen LogP contribution is 2.33. The highest BCUT2D eigenvalue weighted by Gasteiger charge is 2.35. The second-order valence-electron chi connectivity index (χ2n) is 6.19. The predicted octanol–water partition coefficient (Wildman–Crippen LogP) is 3.70. The Hall–Kier alpha value is -1.03. The molecule has 21 heavy (non-hydrogen) atoms. The van der Waals surface area contributed by atoms with Gasteiger partial charge in [-0.05, 0) is 36.5 Å². The number of hydrogen-bond donors (Lipinski definition) is 1. The lowest BCUT2D eigenvalue weighted by atomic mass is 9.77. The first-order valence-electron chi connectivity index (χ1n) is 7.57. The second-order valence-corrected chi connectivity index (χ2v) is 6.75. The lowest BCUT2D eigenvalue weighted by Gasteiger charge is -2.39. The Kier molecular flexibility index (Phi) is 5.68. The van der Waals surface area contributed by atoms with Crippen LogP contribution in [-0.4, -0.2) is 23.9 Å². The predicted molar refractivity (Wildman–Crippen MR) is 89.0 cm³/mol. The van der Waals surface area contributed by atoms with E-state index < -0.39 is 0 Å². The topological polar surface area (TPSA) is 38.3 Å². The van der Waals surface area contributed by atoms with Crippen LogP contribution in [0, 0.1) is 5.92 Å². The van der Waals surface area contributed by atoms with Gasteiger partial charge in [0.15, 0.2) is 0 Å². The third-order valence-electron chi connectivity index (χ3n) is 4.28. The number of carbonyl (C=O) groups excluding carboxylic acids is 1. The van der Waals surface area contributed by atoms with Crippen molar-refractivity contribution in [3.05, 3.63) is 29.8 Å². The maximum Gasteiger partial charge on any atom is 0.224 e. The van der Waals surface area contributed by atoms with Gasteiger partial charge in [0.05, 0.1) is 13.5 Å². The van der Waals surface area contributed by atoms with Crippen molar-refractivity contribution in [1.29, 1.82) is 0 Å². The molecule has 1 amide bonds. The monoisotopic (exact) mass is 353 g/mol. The molecule has 0 bridgehead atoms. The zero-order valence-corrected chi connectivity index (χ0v) is 14.4. The van der Waals surface area contributed by atoms with Crippen LogP contribution in [0.25, 0.3) is 0 Å². The van der Waals surface area contributed by atoms with Crippen molar-refractivity contribution >= 4 is 21.8 Å². The summed E-state index contributed by atoms with van der Waals surface area (Å²) in [6, 6.07) is 7.68. The summed E-state index contributed by atoms with van der Waals surface area (Å²) in [6.07, 6.45) is 5.01. The number of halogens is 1. The standard InChI is InChI=1S/C17H24BrNO2/c1-13-4-3-9-17(11-13,12-18)19-16(20)10-14-5-7-15(21-2)8-6-14/h5-8,13H,3-4,9-12H2,1-2H3,(H,19,20). The molecule has 2 unspecified atom stereocenters. The highest BCUT2D eigenvalue weighted by atomic mass is 79.9. The average Bonchev–Trinajstić information content (AvgIpc) is 2.48. The molecule has 3 nitrogen and oxygen atoms in total. The van der Waals surface area contributed by atoms with Crippen LogP contribution in [0.3, 0.4) is 0 Å². The SMILES string of the molecule is COc1ccc(CC(=O)NC2(CBr)CCCC(C)C2)cc1. The van der Waals surface area contributed by atoms with Crippen LogP contribution in [0.4, 0.5) is 0 Å². The van der Waals surface area contributed by atoms with Gasteiger partial charge in [-0.25, -0.2) is 0 Å². The molecule has 1 aliphatic rings. The molecule has 4 heteroatoms. The Morgan fingerprint density at radius 1 is 1.43 bits per heavy atom. The summed E-state index contributed by atoms with van der Waals surface area (Å²) >= 11 is 3.60. The first-order valence-corrected chi connectivity index (χ1v) is 8.69. The summed E-state index contributed by atoms with van der Waals surface area (Å²) in [6.45, 7) is 2.27. The fraction of sp³-hybridized carbons (Fsp3) is 0.588. The summed E-state index contributed by atoms with van der Waals surface area (Å²) in [5, 5.41) is 4.10. The summed E-state index contributed by atoms with van der Waals surface area (Å²) in [7, 11) is 1.64. The number of methoxy groups -OCH3 is 1. The van der Waals surface area contributed by atoms with Crippen LogP contribution >= 0.6 is 15.9 Å². The molecule has 1 aliphatic carbocycles. The van der Waals surface area contributed by atoms with E-state index in [1.165, 1.54) is 12.8 Å². The molecule has 1 fully saturated rings. The zero-order valence-electron chi connectivity index (χ0n) is 12.8. The molecule has 1 aromatic carbocycles. The third-order valence-corrected chi connectivity index (χ3v) is 5.35. The van der Waals surface area contributed by atoms with Crippen LogP contribution in [0.1, 0.15) is 38.2 Å². The van der Waals surface area contributed by atoms with Crippen LogP contribution in [0.2, 0.25) is 0 Å². The molecule has 116 valence electrons. The number of amides is 1. The molecule has 1 N–H and O–H groups in total. The molecule has 1 saturated carbocycles. The van der Waals surface area contributed by atoms with Crippen molar-refractivity contribution in [2.45, 2.75) is 44.6 Å². The summed E-state index contributed by atoms with van der Waals surface area (Å²) in [4.78, 5) is 12.3. The maximum atomic E-state index is 12.3. The molecule has 0 heterocycles. The van der Waals surface area contributed by atoms with E-state index in [4.69, 9.17) is 4.74 Å². The molecule has 2 rings (SSSR count). The Morgan fingerprint density at radius 3 is 2.71 bits per heavy atom. The molecular weight excluding hydrogens is 330 g/mol. The second kappa shape index (κ2) is 7.30. The minimum atomic E-state index is -0.0682. The van der Waals surface area contributed by atoms with E-state index in [-0.39, 0.29) is 11.4 Å². The first-order chi connectivity index (χ1) is 10.1. The Balaban J connectivity index is 1.95. The summed E-state index contributed by atoms with van der Waals surface area (Å²) < 4.78 is 5.13. The number of nitrogens with one attached hydrogen (secondary N) is 1. The Bertz CT molecular complexity index is 474. The van der Waals surface area contributed by atoms with Gasteiger partial charge in [-0.2, -0.15) is 0 Å². The van der Waals surface area contributed by atoms with Gasteiger partial charge in [-0.15, -0.1) is 0 Å². The van der Waals surface area contributed by atoms with Gasteiger partial charge in [0.2, 0.25) is 5.91 Å². The van der Waals surface area contributed by atoms with Gasteiger partial charge in [-0.3, -0.25) is 4.79 Å². The molecule has 0 aliphatic heterocycles. The fourth-order valence-corrected chi connectivity index (χ4v) is 3.85. The average molecular weight is 354 g/mol. The van der Waals surface area contributed by atoms with Crippen molar-refractivity contribution in [2.24, 2.45) is 5.92 Å². The van der Waals surface area contributed by atoms with Gasteiger partial charge >= 0.3 is 0 Å². The van der Waals surface area contributed by atoms with Crippen molar-refractivity contribution in [2.75, 3.05) is 12.4 Å². The smallest absolute Gasteiger partial charge is 0.224 e. The lowest BCUT2D eigenvalue weighted by Crippen LogP contribution is -2.53. The fourth-order valence-electron chi connectivity index (χ4n) is 3.20. The largest absolute Gasteiger partial charge is 0.497 e. The van der Waals surface area contributed by atoms with Crippen molar-refractivity contribution in [1.82, 2.24) is 5.32 Å². The van der Waals surface area contributed by atoms with Gasteiger partial charge in [0.25, 0.3) is 0 Å². The zero-order chi connectivity index (χ0) is 15.3. The van der Waals surface area contributed by atoms with E-state index in [0.29, 0.717) is 12.3 Å². The molecular formula is C17H24BrNO2. The summed E-state index contributed by atoms with van der Waals surface area (Å²) in [5.74, 6) is 1.60. The number of ether oxygens (including phenoxy) is 1. The molecule has 0 spiro atoms. The number of hydrogen-bond acceptors (Lipinski definition) is 2. The van der Waals surface area contributed by atoms with Crippen LogP contribution in [0.15, 0.2) is 24.3 Å². The number of alkyl halides is 1. The molecule has 0 saturated heterocycles. The normalized spacial score (nSPS) is 25.4. The van der Waals surface area contributed by atoms with Crippen LogP contribution in [-0.2, 0) is 11.2 Å².